The van der Waals surface area contributed by atoms with Crippen molar-refractivity contribution in [2.45, 2.75) is 13.8 Å². The molecular formula is C17H19NO3. The molecule has 0 fully saturated rings. The second kappa shape index (κ2) is 6.90. The largest absolute Gasteiger partial charge is 0.491 e. The lowest BCUT2D eigenvalue weighted by atomic mass is 10.0. The molecule has 2 aromatic carbocycles. The molecule has 0 aromatic heterocycles. The van der Waals surface area contributed by atoms with Gasteiger partial charge in [0, 0.05) is 11.3 Å². The van der Waals surface area contributed by atoms with Crippen LogP contribution >= 0.6 is 0 Å². The molecule has 2 rings (SSSR count). The third kappa shape index (κ3) is 3.83. The summed E-state index contributed by atoms with van der Waals surface area (Å²) in [7, 11) is 0. The van der Waals surface area contributed by atoms with Gasteiger partial charge in [0.05, 0.1) is 6.61 Å². The number of hydrogen-bond donors (Lipinski definition) is 2. The summed E-state index contributed by atoms with van der Waals surface area (Å²) in [6, 6.07) is 12.7. The molecule has 0 aliphatic heterocycles. The summed E-state index contributed by atoms with van der Waals surface area (Å²) < 4.78 is 5.27. The average Bonchev–Trinajstić information content (AvgIpc) is 2.49. The van der Waals surface area contributed by atoms with Crippen LogP contribution in [0.3, 0.4) is 0 Å². The van der Waals surface area contributed by atoms with Crippen LogP contribution in [-0.4, -0.2) is 24.2 Å². The lowest BCUT2D eigenvalue weighted by Crippen LogP contribution is -2.13. The number of aryl methyl sites for hydroxylation is 1. The highest BCUT2D eigenvalue weighted by Gasteiger charge is 2.10. The third-order valence-electron chi connectivity index (χ3n) is 3.32. The monoisotopic (exact) mass is 285 g/mol. The van der Waals surface area contributed by atoms with Crippen LogP contribution in [0.15, 0.2) is 42.5 Å². The second-order valence-electron chi connectivity index (χ2n) is 4.80. The fraction of sp³-hybridized carbons (Fsp3) is 0.235. The van der Waals surface area contributed by atoms with E-state index >= 15 is 0 Å². The molecule has 0 bridgehead atoms. The van der Waals surface area contributed by atoms with E-state index in [2.05, 4.69) is 5.32 Å². The van der Waals surface area contributed by atoms with Crippen LogP contribution in [0.1, 0.15) is 21.5 Å². The highest BCUT2D eigenvalue weighted by Crippen LogP contribution is 2.18. The zero-order chi connectivity index (χ0) is 15.2. The Kier molecular flexibility index (Phi) is 4.95. The molecule has 2 aromatic rings. The first kappa shape index (κ1) is 15.1. The molecule has 0 heterocycles. The molecule has 2 N–H and O–H groups in total. The smallest absolute Gasteiger partial charge is 0.255 e. The Bertz CT molecular complexity index is 620. The molecule has 0 aliphatic rings. The molecule has 4 heteroatoms. The van der Waals surface area contributed by atoms with Gasteiger partial charge in [-0.25, -0.2) is 0 Å². The van der Waals surface area contributed by atoms with E-state index in [1.807, 2.05) is 32.0 Å². The van der Waals surface area contributed by atoms with Gasteiger partial charge >= 0.3 is 0 Å². The van der Waals surface area contributed by atoms with E-state index in [-0.39, 0.29) is 19.1 Å². The molecule has 0 aliphatic carbocycles. The number of hydrogen-bond acceptors (Lipinski definition) is 3. The van der Waals surface area contributed by atoms with Crippen molar-refractivity contribution in [3.05, 3.63) is 59.2 Å². The summed E-state index contributed by atoms with van der Waals surface area (Å²) in [6.45, 7) is 4.16. The van der Waals surface area contributed by atoms with Crippen LogP contribution in [0.2, 0.25) is 0 Å². The maximum absolute atomic E-state index is 12.3. The quantitative estimate of drug-likeness (QED) is 0.888. The molecule has 0 spiro atoms. The number of aliphatic hydroxyl groups excluding tert-OH is 1. The molecule has 0 unspecified atom stereocenters. The Morgan fingerprint density at radius 3 is 2.52 bits per heavy atom. The van der Waals surface area contributed by atoms with E-state index in [0.29, 0.717) is 17.0 Å². The van der Waals surface area contributed by atoms with E-state index in [4.69, 9.17) is 9.84 Å². The fourth-order valence-electron chi connectivity index (χ4n) is 1.99. The van der Waals surface area contributed by atoms with Gasteiger partial charge in [0.1, 0.15) is 12.4 Å². The van der Waals surface area contributed by atoms with Gasteiger partial charge in [-0.3, -0.25) is 4.79 Å². The molecule has 0 radical (unpaired) electrons. The van der Waals surface area contributed by atoms with Gasteiger partial charge in [-0.2, -0.15) is 0 Å². The van der Waals surface area contributed by atoms with E-state index in [1.54, 1.807) is 24.3 Å². The molecular weight excluding hydrogens is 266 g/mol. The van der Waals surface area contributed by atoms with E-state index in [9.17, 15) is 4.79 Å². The van der Waals surface area contributed by atoms with Gasteiger partial charge in [0.15, 0.2) is 0 Å². The topological polar surface area (TPSA) is 58.6 Å². The van der Waals surface area contributed by atoms with E-state index in [1.165, 1.54) is 0 Å². The minimum absolute atomic E-state index is 0.0227. The Morgan fingerprint density at radius 2 is 1.86 bits per heavy atom. The first-order valence-corrected chi connectivity index (χ1v) is 6.83. The zero-order valence-corrected chi connectivity index (χ0v) is 12.2. The summed E-state index contributed by atoms with van der Waals surface area (Å²) in [6.07, 6.45) is 0. The molecule has 110 valence electrons. The molecule has 1 amide bonds. The predicted molar refractivity (Wildman–Crippen MR) is 82.9 cm³/mol. The van der Waals surface area contributed by atoms with Crippen molar-refractivity contribution >= 4 is 11.6 Å². The number of aliphatic hydroxyl groups is 1. The van der Waals surface area contributed by atoms with Gasteiger partial charge in [0.25, 0.3) is 5.91 Å². The van der Waals surface area contributed by atoms with Crippen LogP contribution in [0.5, 0.6) is 5.75 Å². The summed E-state index contributed by atoms with van der Waals surface area (Å²) in [4.78, 5) is 12.3. The Morgan fingerprint density at radius 1 is 1.14 bits per heavy atom. The van der Waals surface area contributed by atoms with E-state index < -0.39 is 0 Å². The number of carbonyl (C=O) groups is 1. The molecule has 4 nitrogen and oxygen atoms in total. The van der Waals surface area contributed by atoms with Gasteiger partial charge in [0.2, 0.25) is 0 Å². The maximum atomic E-state index is 12.3. The third-order valence-corrected chi connectivity index (χ3v) is 3.32. The predicted octanol–water partition coefficient (Wildman–Crippen LogP) is 2.93. The minimum Gasteiger partial charge on any atom is -0.491 e. The minimum atomic E-state index is -0.125. The van der Waals surface area contributed by atoms with Crippen LogP contribution in [-0.2, 0) is 0 Å². The molecule has 21 heavy (non-hydrogen) atoms. The number of anilines is 1. The maximum Gasteiger partial charge on any atom is 0.255 e. The number of rotatable bonds is 5. The highest BCUT2D eigenvalue weighted by molar-refractivity contribution is 6.05. The van der Waals surface area contributed by atoms with E-state index in [0.717, 1.165) is 11.1 Å². The zero-order valence-electron chi connectivity index (χ0n) is 12.2. The SMILES string of the molecule is Cc1cccc(C(=O)Nc2ccc(OCCO)cc2)c1C. The first-order chi connectivity index (χ1) is 10.1. The summed E-state index contributed by atoms with van der Waals surface area (Å²) in [5.74, 6) is 0.536. The van der Waals surface area contributed by atoms with Crippen molar-refractivity contribution in [1.82, 2.24) is 0 Å². The van der Waals surface area contributed by atoms with Crippen molar-refractivity contribution < 1.29 is 14.6 Å². The van der Waals surface area contributed by atoms with Crippen molar-refractivity contribution in [2.75, 3.05) is 18.5 Å². The lowest BCUT2D eigenvalue weighted by molar-refractivity contribution is 0.102. The van der Waals surface area contributed by atoms with Crippen molar-refractivity contribution in [3.63, 3.8) is 0 Å². The highest BCUT2D eigenvalue weighted by atomic mass is 16.5. The van der Waals surface area contributed by atoms with Crippen LogP contribution < -0.4 is 10.1 Å². The number of carbonyl (C=O) groups excluding carboxylic acids is 1. The van der Waals surface area contributed by atoms with Crippen LogP contribution in [0.25, 0.3) is 0 Å². The normalized spacial score (nSPS) is 10.2. The lowest BCUT2D eigenvalue weighted by Gasteiger charge is -2.10. The number of ether oxygens (including phenoxy) is 1. The molecule has 0 saturated heterocycles. The Hall–Kier alpha value is -2.33. The first-order valence-electron chi connectivity index (χ1n) is 6.83. The summed E-state index contributed by atoms with van der Waals surface area (Å²) in [5.41, 5.74) is 3.46. The summed E-state index contributed by atoms with van der Waals surface area (Å²) >= 11 is 0. The van der Waals surface area contributed by atoms with Gasteiger partial charge in [-0.15, -0.1) is 0 Å². The van der Waals surface area contributed by atoms with Crippen molar-refractivity contribution in [2.24, 2.45) is 0 Å². The standard InChI is InChI=1S/C17H19NO3/c1-12-4-3-5-16(13(12)2)17(20)18-14-6-8-15(9-7-14)21-11-10-19/h3-9,19H,10-11H2,1-2H3,(H,18,20). The Balaban J connectivity index is 2.07. The molecule has 0 saturated carbocycles. The number of nitrogens with one attached hydrogen (secondary N) is 1. The van der Waals surface area contributed by atoms with Crippen molar-refractivity contribution in [3.8, 4) is 5.75 Å². The van der Waals surface area contributed by atoms with Crippen molar-refractivity contribution in [1.29, 1.82) is 0 Å². The van der Waals surface area contributed by atoms with Crippen LogP contribution in [0, 0.1) is 13.8 Å². The average molecular weight is 285 g/mol. The number of benzene rings is 2. The van der Waals surface area contributed by atoms with Crippen LogP contribution in [0.4, 0.5) is 5.69 Å². The van der Waals surface area contributed by atoms with Gasteiger partial charge in [-0.1, -0.05) is 12.1 Å². The summed E-state index contributed by atoms with van der Waals surface area (Å²) in [5, 5.41) is 11.6. The van der Waals surface area contributed by atoms with Gasteiger partial charge in [-0.05, 0) is 55.3 Å². The molecule has 0 atom stereocenters. The van der Waals surface area contributed by atoms with Gasteiger partial charge < -0.3 is 15.2 Å². The number of amides is 1. The second-order valence-corrected chi connectivity index (χ2v) is 4.80. The Labute approximate surface area is 124 Å². The fourth-order valence-corrected chi connectivity index (χ4v) is 1.99.